The van der Waals surface area contributed by atoms with E-state index in [0.29, 0.717) is 6.07 Å². The fourth-order valence-electron chi connectivity index (χ4n) is 1.28. The van der Waals surface area contributed by atoms with Crippen molar-refractivity contribution in [2.45, 2.75) is 19.9 Å². The fourth-order valence-corrected chi connectivity index (χ4v) is 1.28. The van der Waals surface area contributed by atoms with Crippen LogP contribution in [0.3, 0.4) is 0 Å². The Hall–Kier alpha value is -1.72. The quantitative estimate of drug-likeness (QED) is 0.659. The Balaban J connectivity index is 3.37. The second-order valence-electron chi connectivity index (χ2n) is 3.70. The summed E-state index contributed by atoms with van der Waals surface area (Å²) in [5, 5.41) is 2.40. The van der Waals surface area contributed by atoms with E-state index in [-0.39, 0.29) is 6.04 Å². The highest BCUT2D eigenvalue weighted by Gasteiger charge is 2.23. The van der Waals surface area contributed by atoms with Crippen LogP contribution in [0.2, 0.25) is 0 Å². The van der Waals surface area contributed by atoms with Crippen molar-refractivity contribution in [2.24, 2.45) is 0 Å². The number of rotatable bonds is 3. The molecule has 0 aromatic heterocycles. The van der Waals surface area contributed by atoms with Gasteiger partial charge in [0.1, 0.15) is 11.3 Å². The molecule has 17 heavy (non-hydrogen) atoms. The van der Waals surface area contributed by atoms with Crippen LogP contribution in [0.5, 0.6) is 0 Å². The lowest BCUT2D eigenvalue weighted by molar-refractivity contribution is 0.0595. The van der Waals surface area contributed by atoms with Gasteiger partial charge in [0.25, 0.3) is 0 Å². The number of benzene rings is 1. The number of esters is 1. The van der Waals surface area contributed by atoms with Crippen molar-refractivity contribution in [3.05, 3.63) is 29.1 Å². The Kier molecular flexibility index (Phi) is 3.98. The highest BCUT2D eigenvalue weighted by atomic mass is 19.2. The average Bonchev–Trinajstić information content (AvgIpc) is 2.28. The van der Waals surface area contributed by atoms with Crippen LogP contribution in [0.1, 0.15) is 24.2 Å². The molecule has 0 aliphatic rings. The number of halogens is 3. The van der Waals surface area contributed by atoms with E-state index in [1.807, 2.05) is 0 Å². The largest absolute Gasteiger partial charge is 0.465 e. The molecule has 0 spiro atoms. The topological polar surface area (TPSA) is 38.3 Å². The van der Waals surface area contributed by atoms with Crippen molar-refractivity contribution in [2.75, 3.05) is 12.4 Å². The molecule has 1 aromatic rings. The molecule has 1 aromatic carbocycles. The van der Waals surface area contributed by atoms with Crippen LogP contribution in [0.25, 0.3) is 0 Å². The smallest absolute Gasteiger partial charge is 0.341 e. The van der Waals surface area contributed by atoms with Crippen molar-refractivity contribution in [3.8, 4) is 0 Å². The van der Waals surface area contributed by atoms with E-state index < -0.39 is 34.7 Å². The van der Waals surface area contributed by atoms with Gasteiger partial charge in [-0.3, -0.25) is 0 Å². The van der Waals surface area contributed by atoms with Gasteiger partial charge in [0.15, 0.2) is 17.5 Å². The molecule has 6 heteroatoms. The minimum atomic E-state index is -1.36. The Morgan fingerprint density at radius 3 is 2.35 bits per heavy atom. The third-order valence-corrected chi connectivity index (χ3v) is 1.99. The normalized spacial score (nSPS) is 10.5. The highest BCUT2D eigenvalue weighted by molar-refractivity contribution is 5.91. The predicted octanol–water partition coefficient (Wildman–Crippen LogP) is 2.71. The van der Waals surface area contributed by atoms with Gasteiger partial charge in [-0.15, -0.1) is 0 Å². The Labute approximate surface area is 96.6 Å². The first-order valence-electron chi connectivity index (χ1n) is 4.90. The maximum Gasteiger partial charge on any atom is 0.341 e. The van der Waals surface area contributed by atoms with E-state index in [2.05, 4.69) is 10.1 Å². The van der Waals surface area contributed by atoms with Gasteiger partial charge in [-0.2, -0.15) is 0 Å². The molecule has 3 nitrogen and oxygen atoms in total. The summed E-state index contributed by atoms with van der Waals surface area (Å²) in [5.41, 5.74) is -1.31. The van der Waals surface area contributed by atoms with E-state index in [9.17, 15) is 18.0 Å². The summed E-state index contributed by atoms with van der Waals surface area (Å²) < 4.78 is 44.5. The summed E-state index contributed by atoms with van der Waals surface area (Å²) in [6.07, 6.45) is 0. The third-order valence-electron chi connectivity index (χ3n) is 1.99. The standard InChI is InChI=1S/C11H12F3NO2/c1-5(2)15-10-8(13)6(11(16)17-3)4-7(12)9(10)14/h4-5,15H,1-3H3. The monoisotopic (exact) mass is 247 g/mol. The molecule has 0 fully saturated rings. The number of nitrogens with one attached hydrogen (secondary N) is 1. The summed E-state index contributed by atoms with van der Waals surface area (Å²) in [6, 6.07) is 0.161. The third kappa shape index (κ3) is 2.69. The SMILES string of the molecule is COC(=O)c1cc(F)c(F)c(NC(C)C)c1F. The van der Waals surface area contributed by atoms with Crippen LogP contribution < -0.4 is 5.32 Å². The van der Waals surface area contributed by atoms with E-state index in [1.165, 1.54) is 0 Å². The fraction of sp³-hybridized carbons (Fsp3) is 0.364. The molecule has 0 saturated carbocycles. The number of hydrogen-bond acceptors (Lipinski definition) is 3. The van der Waals surface area contributed by atoms with E-state index >= 15 is 0 Å². The molecule has 1 rings (SSSR count). The lowest BCUT2D eigenvalue weighted by Gasteiger charge is -2.14. The number of carbonyl (C=O) groups excluding carboxylic acids is 1. The minimum absolute atomic E-state index is 0.314. The number of ether oxygens (including phenoxy) is 1. The van der Waals surface area contributed by atoms with E-state index in [0.717, 1.165) is 7.11 Å². The zero-order valence-corrected chi connectivity index (χ0v) is 9.61. The average molecular weight is 247 g/mol. The number of anilines is 1. The minimum Gasteiger partial charge on any atom is -0.465 e. The van der Waals surface area contributed by atoms with Crippen molar-refractivity contribution >= 4 is 11.7 Å². The molecular weight excluding hydrogens is 235 g/mol. The maximum absolute atomic E-state index is 13.7. The summed E-state index contributed by atoms with van der Waals surface area (Å²) in [4.78, 5) is 11.2. The van der Waals surface area contributed by atoms with Gasteiger partial charge in [-0.1, -0.05) is 0 Å². The second-order valence-corrected chi connectivity index (χ2v) is 3.70. The Morgan fingerprint density at radius 2 is 1.88 bits per heavy atom. The lowest BCUT2D eigenvalue weighted by Crippen LogP contribution is -2.16. The highest BCUT2D eigenvalue weighted by Crippen LogP contribution is 2.26. The van der Waals surface area contributed by atoms with Crippen molar-refractivity contribution in [3.63, 3.8) is 0 Å². The van der Waals surface area contributed by atoms with Crippen LogP contribution >= 0.6 is 0 Å². The van der Waals surface area contributed by atoms with Crippen molar-refractivity contribution < 1.29 is 22.7 Å². The molecule has 0 heterocycles. The molecule has 0 aliphatic heterocycles. The number of methoxy groups -OCH3 is 1. The molecule has 0 atom stereocenters. The van der Waals surface area contributed by atoms with Gasteiger partial charge < -0.3 is 10.1 Å². The van der Waals surface area contributed by atoms with Gasteiger partial charge >= 0.3 is 5.97 Å². The van der Waals surface area contributed by atoms with Gasteiger partial charge in [0, 0.05) is 6.04 Å². The molecule has 0 radical (unpaired) electrons. The molecule has 0 unspecified atom stereocenters. The van der Waals surface area contributed by atoms with Crippen LogP contribution in [0.4, 0.5) is 18.9 Å². The first-order chi connectivity index (χ1) is 7.88. The maximum atomic E-state index is 13.7. The number of hydrogen-bond donors (Lipinski definition) is 1. The zero-order valence-electron chi connectivity index (χ0n) is 9.61. The van der Waals surface area contributed by atoms with Gasteiger partial charge in [0.2, 0.25) is 0 Å². The van der Waals surface area contributed by atoms with E-state index in [1.54, 1.807) is 13.8 Å². The second kappa shape index (κ2) is 5.07. The lowest BCUT2D eigenvalue weighted by atomic mass is 10.1. The zero-order chi connectivity index (χ0) is 13.2. The Bertz CT molecular complexity index is 447. The molecule has 0 bridgehead atoms. The van der Waals surface area contributed by atoms with Gasteiger partial charge in [-0.25, -0.2) is 18.0 Å². The summed E-state index contributed by atoms with van der Waals surface area (Å²) in [5.74, 6) is -4.89. The van der Waals surface area contributed by atoms with Crippen LogP contribution in [-0.4, -0.2) is 19.1 Å². The van der Waals surface area contributed by atoms with Gasteiger partial charge in [0.05, 0.1) is 7.11 Å². The predicted molar refractivity (Wildman–Crippen MR) is 56.4 cm³/mol. The Morgan fingerprint density at radius 1 is 1.29 bits per heavy atom. The molecule has 0 aliphatic carbocycles. The molecular formula is C11H12F3NO2. The van der Waals surface area contributed by atoms with Crippen molar-refractivity contribution in [1.29, 1.82) is 0 Å². The van der Waals surface area contributed by atoms with Crippen molar-refractivity contribution in [1.82, 2.24) is 0 Å². The van der Waals surface area contributed by atoms with Gasteiger partial charge in [-0.05, 0) is 19.9 Å². The summed E-state index contributed by atoms with van der Waals surface area (Å²) in [6.45, 7) is 3.25. The molecule has 0 saturated heterocycles. The first-order valence-corrected chi connectivity index (χ1v) is 4.90. The number of carbonyl (C=O) groups is 1. The van der Waals surface area contributed by atoms with E-state index in [4.69, 9.17) is 0 Å². The van der Waals surface area contributed by atoms with Crippen LogP contribution in [0, 0.1) is 17.5 Å². The molecule has 1 N–H and O–H groups in total. The summed E-state index contributed by atoms with van der Waals surface area (Å²) >= 11 is 0. The van der Waals surface area contributed by atoms with Crippen LogP contribution in [0.15, 0.2) is 6.07 Å². The first kappa shape index (κ1) is 13.3. The summed E-state index contributed by atoms with van der Waals surface area (Å²) in [7, 11) is 1.03. The molecule has 94 valence electrons. The molecule has 0 amide bonds. The van der Waals surface area contributed by atoms with Crippen LogP contribution in [-0.2, 0) is 4.74 Å².